The van der Waals surface area contributed by atoms with E-state index in [2.05, 4.69) is 61.3 Å². The molecule has 0 aromatic heterocycles. The van der Waals surface area contributed by atoms with E-state index in [-0.39, 0.29) is 0 Å². The van der Waals surface area contributed by atoms with Crippen LogP contribution in [0.25, 0.3) is 16.7 Å². The lowest BCUT2D eigenvalue weighted by Gasteiger charge is -2.23. The molecule has 0 aliphatic heterocycles. The second-order valence-corrected chi connectivity index (χ2v) is 9.95. The summed E-state index contributed by atoms with van der Waals surface area (Å²) in [6.07, 6.45) is 6.16. The van der Waals surface area contributed by atoms with E-state index in [1.807, 2.05) is 85.6 Å². The molecule has 0 bridgehead atoms. The predicted molar refractivity (Wildman–Crippen MR) is 180 cm³/mol. The number of rotatable bonds is 10. The van der Waals surface area contributed by atoms with Gasteiger partial charge >= 0.3 is 0 Å². The Labute approximate surface area is 249 Å². The molecule has 0 heterocycles. The van der Waals surface area contributed by atoms with Crippen molar-refractivity contribution in [2.45, 2.75) is 20.4 Å². The van der Waals surface area contributed by atoms with Gasteiger partial charge in [-0.05, 0) is 84.6 Å². The molecule has 214 valence electrons. The van der Waals surface area contributed by atoms with Crippen LogP contribution in [0.1, 0.15) is 30.5 Å². The number of hydrogen-bond acceptors (Lipinski definition) is 5. The van der Waals surface area contributed by atoms with Gasteiger partial charge in [0.15, 0.2) is 0 Å². The largest absolute Gasteiger partial charge is 0.497 e. The molecule has 0 aliphatic carbocycles. The number of benzene rings is 4. The summed E-state index contributed by atoms with van der Waals surface area (Å²) in [5.41, 5.74) is 21.4. The Morgan fingerprint density at radius 1 is 0.952 bits per heavy atom. The van der Waals surface area contributed by atoms with Crippen molar-refractivity contribution in [1.29, 1.82) is 0 Å². The summed E-state index contributed by atoms with van der Waals surface area (Å²) in [7, 11) is 3.61. The maximum absolute atomic E-state index is 6.35. The summed E-state index contributed by atoms with van der Waals surface area (Å²) in [5, 5.41) is 3.35. The van der Waals surface area contributed by atoms with Crippen molar-refractivity contribution in [3.05, 3.63) is 138 Å². The number of anilines is 3. The Kier molecular flexibility index (Phi) is 9.85. The zero-order chi connectivity index (χ0) is 30.1. The van der Waals surface area contributed by atoms with E-state index in [0.717, 1.165) is 44.9 Å². The van der Waals surface area contributed by atoms with Crippen molar-refractivity contribution in [2.75, 3.05) is 30.5 Å². The first-order valence-electron chi connectivity index (χ1n) is 13.8. The van der Waals surface area contributed by atoms with E-state index in [9.17, 15) is 0 Å². The molecule has 0 atom stereocenters. The molecule has 4 aromatic rings. The lowest BCUT2D eigenvalue weighted by atomic mass is 9.97. The molecule has 0 saturated heterocycles. The third kappa shape index (κ3) is 7.29. The highest BCUT2D eigenvalue weighted by Crippen LogP contribution is 2.30. The Hall–Kier alpha value is -5.23. The molecule has 4 rings (SSSR count). The SMILES string of the molecule is C=C(/N=C(\c1ccccc1N)N(C)c1ccc(OC)cc1)NCc1ccc(-c2cc(/C(C)=C/C=C\C)ccc2N)cc1. The number of nitrogens with zero attached hydrogens (tertiary/aromatic N) is 2. The van der Waals surface area contributed by atoms with Gasteiger partial charge in [-0.3, -0.25) is 0 Å². The minimum absolute atomic E-state index is 0.526. The summed E-state index contributed by atoms with van der Waals surface area (Å²) in [4.78, 5) is 6.85. The van der Waals surface area contributed by atoms with Crippen molar-refractivity contribution < 1.29 is 4.74 Å². The van der Waals surface area contributed by atoms with Crippen LogP contribution in [0.2, 0.25) is 0 Å². The van der Waals surface area contributed by atoms with Crippen LogP contribution in [0.15, 0.2) is 127 Å². The minimum Gasteiger partial charge on any atom is -0.497 e. The predicted octanol–water partition coefficient (Wildman–Crippen LogP) is 7.65. The number of amidine groups is 1. The topological polar surface area (TPSA) is 88.9 Å². The van der Waals surface area contributed by atoms with Crippen molar-refractivity contribution in [3.8, 4) is 16.9 Å². The van der Waals surface area contributed by atoms with Gasteiger partial charge in [0.2, 0.25) is 0 Å². The van der Waals surface area contributed by atoms with Crippen LogP contribution in [-0.2, 0) is 6.54 Å². The highest BCUT2D eigenvalue weighted by molar-refractivity contribution is 6.13. The van der Waals surface area contributed by atoms with Crippen LogP contribution in [-0.4, -0.2) is 20.0 Å². The number of nitrogens with one attached hydrogen (secondary N) is 1. The van der Waals surface area contributed by atoms with Crippen LogP contribution in [0.5, 0.6) is 5.75 Å². The number of methoxy groups -OCH3 is 1. The molecule has 0 amide bonds. The highest BCUT2D eigenvalue weighted by atomic mass is 16.5. The molecule has 0 unspecified atom stereocenters. The van der Waals surface area contributed by atoms with Gasteiger partial charge in [-0.2, -0.15) is 0 Å². The smallest absolute Gasteiger partial charge is 0.144 e. The number of ether oxygens (including phenoxy) is 1. The quantitative estimate of drug-likeness (QED) is 0.0807. The van der Waals surface area contributed by atoms with E-state index in [1.165, 1.54) is 5.57 Å². The molecular weight excluding hydrogens is 518 g/mol. The van der Waals surface area contributed by atoms with Gasteiger partial charge < -0.3 is 26.4 Å². The van der Waals surface area contributed by atoms with Gasteiger partial charge in [0.1, 0.15) is 17.4 Å². The number of nitrogens with two attached hydrogens (primary N) is 2. The van der Waals surface area contributed by atoms with E-state index < -0.39 is 0 Å². The second kappa shape index (κ2) is 13.9. The Balaban J connectivity index is 1.52. The fraction of sp³-hybridized carbons (Fsp3) is 0.139. The number of aliphatic imine (C=N–C) groups is 1. The lowest BCUT2D eigenvalue weighted by Crippen LogP contribution is -2.29. The number of nitrogen functional groups attached to an aromatic ring is 2. The average molecular weight is 558 g/mol. The third-order valence-corrected chi connectivity index (χ3v) is 7.03. The highest BCUT2D eigenvalue weighted by Gasteiger charge is 2.15. The standard InChI is InChI=1S/C36H39N5O/c1-6-7-10-25(2)29-17-22-35(38)33(23-29)28-15-13-27(14-16-28)24-39-26(3)40-36(32-11-8-9-12-34(32)37)41(4)30-18-20-31(42-5)21-19-30/h6-23,39H,3,24,37-38H2,1-2,4-5H3/b7-6-,25-10+,40-36+. The van der Waals surface area contributed by atoms with Crippen LogP contribution in [0, 0.1) is 0 Å². The van der Waals surface area contributed by atoms with Gasteiger partial charge in [0.25, 0.3) is 0 Å². The first-order chi connectivity index (χ1) is 20.3. The lowest BCUT2D eigenvalue weighted by molar-refractivity contribution is 0.415. The molecule has 42 heavy (non-hydrogen) atoms. The van der Waals surface area contributed by atoms with E-state index in [0.29, 0.717) is 23.9 Å². The number of allylic oxidation sites excluding steroid dienone is 4. The molecule has 4 aromatic carbocycles. The molecule has 0 fully saturated rings. The molecule has 0 aliphatic rings. The van der Waals surface area contributed by atoms with Gasteiger partial charge in [-0.15, -0.1) is 0 Å². The second-order valence-electron chi connectivity index (χ2n) is 9.95. The number of hydrogen-bond donors (Lipinski definition) is 3. The van der Waals surface area contributed by atoms with Crippen LogP contribution in [0.4, 0.5) is 17.1 Å². The third-order valence-electron chi connectivity index (χ3n) is 7.03. The molecule has 0 spiro atoms. The fourth-order valence-electron chi connectivity index (χ4n) is 4.51. The van der Waals surface area contributed by atoms with Gasteiger partial charge in [-0.25, -0.2) is 4.99 Å². The van der Waals surface area contributed by atoms with E-state index >= 15 is 0 Å². The average Bonchev–Trinajstić information content (AvgIpc) is 3.02. The first kappa shape index (κ1) is 29.7. The number of para-hydroxylation sites is 1. The summed E-state index contributed by atoms with van der Waals surface area (Å²) in [6.45, 7) is 8.85. The van der Waals surface area contributed by atoms with E-state index in [4.69, 9.17) is 21.2 Å². The van der Waals surface area contributed by atoms with Crippen molar-refractivity contribution >= 4 is 28.5 Å². The van der Waals surface area contributed by atoms with E-state index in [1.54, 1.807) is 7.11 Å². The first-order valence-corrected chi connectivity index (χ1v) is 13.8. The molecule has 0 radical (unpaired) electrons. The van der Waals surface area contributed by atoms with Crippen molar-refractivity contribution in [1.82, 2.24) is 5.32 Å². The zero-order valence-electron chi connectivity index (χ0n) is 24.8. The van der Waals surface area contributed by atoms with Gasteiger partial charge in [0.05, 0.1) is 7.11 Å². The Bertz CT molecular complexity index is 1620. The zero-order valence-corrected chi connectivity index (χ0v) is 24.8. The van der Waals surface area contributed by atoms with Crippen molar-refractivity contribution in [3.63, 3.8) is 0 Å². The molecule has 6 nitrogen and oxygen atoms in total. The monoisotopic (exact) mass is 557 g/mol. The maximum atomic E-state index is 6.35. The Morgan fingerprint density at radius 2 is 1.67 bits per heavy atom. The molecule has 0 saturated carbocycles. The van der Waals surface area contributed by atoms with Gasteiger partial charge in [-0.1, -0.05) is 67.3 Å². The normalized spacial score (nSPS) is 11.9. The fourth-order valence-corrected chi connectivity index (χ4v) is 4.51. The summed E-state index contributed by atoms with van der Waals surface area (Å²) in [5.74, 6) is 1.99. The molecule has 5 N–H and O–H groups in total. The van der Waals surface area contributed by atoms with Crippen LogP contribution >= 0.6 is 0 Å². The van der Waals surface area contributed by atoms with Crippen LogP contribution < -0.4 is 26.4 Å². The van der Waals surface area contributed by atoms with Crippen LogP contribution in [0.3, 0.4) is 0 Å². The molecule has 6 heteroatoms. The summed E-state index contributed by atoms with van der Waals surface area (Å²) in [6, 6.07) is 30.0. The maximum Gasteiger partial charge on any atom is 0.144 e. The molecular formula is C36H39N5O. The minimum atomic E-state index is 0.526. The van der Waals surface area contributed by atoms with Gasteiger partial charge in [0, 0.05) is 41.8 Å². The summed E-state index contributed by atoms with van der Waals surface area (Å²) >= 11 is 0. The van der Waals surface area contributed by atoms with Crippen molar-refractivity contribution in [2.24, 2.45) is 4.99 Å². The Morgan fingerprint density at radius 3 is 2.33 bits per heavy atom. The summed E-state index contributed by atoms with van der Waals surface area (Å²) < 4.78 is 5.31.